The number of anilines is 2. The van der Waals surface area contributed by atoms with Gasteiger partial charge < -0.3 is 25.2 Å². The lowest BCUT2D eigenvalue weighted by Gasteiger charge is -2.42. The second-order valence-electron chi connectivity index (χ2n) is 13.8. The molecule has 0 spiro atoms. The molecule has 3 aromatic carbocycles. The Labute approximate surface area is 285 Å². The Morgan fingerprint density at radius 3 is 2.80 bits per heavy atom. The van der Waals surface area contributed by atoms with Gasteiger partial charge in [-0.05, 0) is 73.5 Å². The summed E-state index contributed by atoms with van der Waals surface area (Å²) in [6.07, 6.45) is 9.75. The maximum absolute atomic E-state index is 17.3. The molecule has 4 atom stereocenters. The first-order valence-corrected chi connectivity index (χ1v) is 16.8. The first-order chi connectivity index (χ1) is 24.2. The minimum absolute atomic E-state index is 0.0172. The molecule has 2 aromatic heterocycles. The summed E-state index contributed by atoms with van der Waals surface area (Å²) in [6.45, 7) is 1.61. The van der Waals surface area contributed by atoms with Crippen LogP contribution < -0.4 is 20.1 Å². The standard InChI is InChI=1S/C38H33F3N6O3/c1-2-24-27(40)7-6-20-13-23(48)14-25(31(20)24)26-15-30-32-34(33(26)41)44-37(49-19-38-10-4-12-46(38)18-22(39)16-38)45-36(32)47(28-8-9-29(28)50-30)17-21-5-3-11-43-35(21)42/h1,3,5-7,11,13-15,22,28-29,48H,4,8-10,12,16-19H2,(H2,42,43)/t22-,28-,29-,38+/m1/s1. The molecule has 2 saturated heterocycles. The van der Waals surface area contributed by atoms with E-state index in [1.54, 1.807) is 12.3 Å². The molecule has 0 amide bonds. The van der Waals surface area contributed by atoms with E-state index < -0.39 is 23.3 Å². The average Bonchev–Trinajstić information content (AvgIpc) is 3.60. The van der Waals surface area contributed by atoms with Gasteiger partial charge in [0.1, 0.15) is 53.4 Å². The fraction of sp³-hybridized carbons (Fsp3) is 0.342. The van der Waals surface area contributed by atoms with Crippen LogP contribution in [0, 0.1) is 24.0 Å². The number of nitrogens with zero attached hydrogens (tertiary/aromatic N) is 5. The number of fused-ring (bicyclic) bond motifs is 3. The summed E-state index contributed by atoms with van der Waals surface area (Å²) in [5.74, 6) is 1.97. The molecule has 50 heavy (non-hydrogen) atoms. The van der Waals surface area contributed by atoms with Crippen molar-refractivity contribution in [2.24, 2.45) is 0 Å². The molecule has 12 heteroatoms. The Morgan fingerprint density at radius 1 is 1.12 bits per heavy atom. The molecule has 3 aliphatic heterocycles. The zero-order chi connectivity index (χ0) is 34.3. The number of rotatable bonds is 6. The van der Waals surface area contributed by atoms with Crippen molar-refractivity contribution >= 4 is 33.3 Å². The summed E-state index contributed by atoms with van der Waals surface area (Å²) in [7, 11) is 0. The highest BCUT2D eigenvalue weighted by molar-refractivity contribution is 6.06. The first-order valence-electron chi connectivity index (χ1n) is 16.8. The number of phenols is 1. The van der Waals surface area contributed by atoms with Crippen LogP contribution in [0.3, 0.4) is 0 Å². The van der Waals surface area contributed by atoms with Crippen LogP contribution in [0.4, 0.5) is 24.8 Å². The minimum atomic E-state index is -0.952. The van der Waals surface area contributed by atoms with E-state index in [-0.39, 0.29) is 58.1 Å². The third-order valence-electron chi connectivity index (χ3n) is 10.9. The van der Waals surface area contributed by atoms with Gasteiger partial charge in [-0.2, -0.15) is 9.97 Å². The molecule has 1 saturated carbocycles. The molecule has 0 bridgehead atoms. The smallest absolute Gasteiger partial charge is 0.319 e. The predicted molar refractivity (Wildman–Crippen MR) is 183 cm³/mol. The van der Waals surface area contributed by atoms with E-state index in [2.05, 4.69) is 25.7 Å². The maximum Gasteiger partial charge on any atom is 0.319 e. The van der Waals surface area contributed by atoms with Crippen molar-refractivity contribution in [1.82, 2.24) is 19.9 Å². The van der Waals surface area contributed by atoms with Crippen LogP contribution in [0.15, 0.2) is 48.7 Å². The van der Waals surface area contributed by atoms with Crippen molar-refractivity contribution in [2.45, 2.75) is 62.5 Å². The number of terminal acetylenes is 1. The number of ether oxygens (including phenoxy) is 2. The molecule has 3 fully saturated rings. The van der Waals surface area contributed by atoms with Crippen LogP contribution in [-0.4, -0.2) is 68.5 Å². The van der Waals surface area contributed by atoms with Crippen molar-refractivity contribution in [2.75, 3.05) is 30.3 Å². The van der Waals surface area contributed by atoms with E-state index in [0.29, 0.717) is 47.7 Å². The number of nitrogens with two attached hydrogens (primary N) is 1. The normalized spacial score (nSPS) is 24.0. The lowest BCUT2D eigenvalue weighted by molar-refractivity contribution is 0.0914. The summed E-state index contributed by atoms with van der Waals surface area (Å²) < 4.78 is 59.9. The highest BCUT2D eigenvalue weighted by Gasteiger charge is 2.50. The summed E-state index contributed by atoms with van der Waals surface area (Å²) in [4.78, 5) is 18.0. The van der Waals surface area contributed by atoms with Crippen molar-refractivity contribution in [1.29, 1.82) is 0 Å². The highest BCUT2D eigenvalue weighted by Crippen LogP contribution is 2.49. The fourth-order valence-electron chi connectivity index (χ4n) is 8.42. The molecule has 1 aliphatic carbocycles. The molecule has 9 nitrogen and oxygen atoms in total. The van der Waals surface area contributed by atoms with Crippen LogP contribution in [-0.2, 0) is 6.54 Å². The molecule has 9 rings (SSSR count). The summed E-state index contributed by atoms with van der Waals surface area (Å²) in [5.41, 5.74) is 6.64. The van der Waals surface area contributed by atoms with Crippen LogP contribution in [0.25, 0.3) is 32.8 Å². The second-order valence-corrected chi connectivity index (χ2v) is 13.8. The highest BCUT2D eigenvalue weighted by atomic mass is 19.1. The Morgan fingerprint density at radius 2 is 2.00 bits per heavy atom. The molecular formula is C38H33F3N6O3. The van der Waals surface area contributed by atoms with Gasteiger partial charge in [-0.1, -0.05) is 18.1 Å². The molecule has 254 valence electrons. The predicted octanol–water partition coefficient (Wildman–Crippen LogP) is 6.28. The van der Waals surface area contributed by atoms with E-state index in [1.165, 1.54) is 24.3 Å². The van der Waals surface area contributed by atoms with Crippen molar-refractivity contribution in [3.05, 3.63) is 71.4 Å². The number of nitrogen functional groups attached to an aromatic ring is 1. The number of hydrogen-bond donors (Lipinski definition) is 2. The lowest BCUT2D eigenvalue weighted by Crippen LogP contribution is -2.52. The quantitative estimate of drug-likeness (QED) is 0.201. The van der Waals surface area contributed by atoms with Gasteiger partial charge in [0.2, 0.25) is 0 Å². The molecule has 5 heterocycles. The van der Waals surface area contributed by atoms with Crippen LogP contribution in [0.1, 0.15) is 43.2 Å². The molecule has 0 unspecified atom stereocenters. The largest absolute Gasteiger partial charge is 0.508 e. The van der Waals surface area contributed by atoms with E-state index in [9.17, 15) is 9.50 Å². The SMILES string of the molecule is C#Cc1c(F)ccc2cc(O)cc(-c3cc4c5c(nc(OC[C@@]67CCCN6C[C@H](F)C7)nc5c3F)N(Cc3cccnc3N)[C@@H]3CC[C@H]3O4)c12. The number of aromatic nitrogens is 3. The van der Waals surface area contributed by atoms with Gasteiger partial charge in [0.05, 0.1) is 22.5 Å². The number of benzene rings is 3. The van der Waals surface area contributed by atoms with Crippen molar-refractivity contribution in [3.63, 3.8) is 0 Å². The Hall–Kier alpha value is -5.28. The Kier molecular flexibility index (Phi) is 7.00. The van der Waals surface area contributed by atoms with Gasteiger partial charge >= 0.3 is 6.01 Å². The molecule has 3 N–H and O–H groups in total. The van der Waals surface area contributed by atoms with E-state index in [0.717, 1.165) is 37.8 Å². The average molecular weight is 679 g/mol. The third-order valence-corrected chi connectivity index (χ3v) is 10.9. The Balaban J connectivity index is 1.26. The zero-order valence-electron chi connectivity index (χ0n) is 27.0. The fourth-order valence-corrected chi connectivity index (χ4v) is 8.42. The van der Waals surface area contributed by atoms with Crippen LogP contribution in [0.2, 0.25) is 0 Å². The lowest BCUT2D eigenvalue weighted by atomic mass is 9.87. The number of aromatic hydroxyl groups is 1. The van der Waals surface area contributed by atoms with E-state index in [4.69, 9.17) is 26.6 Å². The number of halogens is 3. The molecule has 4 aliphatic rings. The maximum atomic E-state index is 17.3. The molecule has 5 aromatic rings. The van der Waals surface area contributed by atoms with Gasteiger partial charge in [0.25, 0.3) is 0 Å². The number of alkyl halides is 1. The van der Waals surface area contributed by atoms with E-state index >= 15 is 8.78 Å². The van der Waals surface area contributed by atoms with Gasteiger partial charge in [0, 0.05) is 42.2 Å². The number of pyridine rings is 1. The molecule has 0 radical (unpaired) electrons. The van der Waals surface area contributed by atoms with Gasteiger partial charge in [-0.15, -0.1) is 6.42 Å². The minimum Gasteiger partial charge on any atom is -0.508 e. The van der Waals surface area contributed by atoms with Gasteiger partial charge in [-0.25, -0.2) is 18.2 Å². The second kappa shape index (κ2) is 11.4. The van der Waals surface area contributed by atoms with Gasteiger partial charge in [-0.3, -0.25) is 4.90 Å². The van der Waals surface area contributed by atoms with Gasteiger partial charge in [0.15, 0.2) is 5.82 Å². The van der Waals surface area contributed by atoms with Crippen LogP contribution >= 0.6 is 0 Å². The Bertz CT molecular complexity index is 2260. The summed E-state index contributed by atoms with van der Waals surface area (Å²) in [5, 5.41) is 11.8. The first kappa shape index (κ1) is 30.8. The van der Waals surface area contributed by atoms with Crippen molar-refractivity contribution in [3.8, 4) is 41.0 Å². The summed E-state index contributed by atoms with van der Waals surface area (Å²) in [6, 6.07) is 10.6. The topological polar surface area (TPSA) is 110 Å². The number of phenolic OH excluding ortho intramolecular Hbond substituents is 1. The monoisotopic (exact) mass is 678 g/mol. The third kappa shape index (κ3) is 4.70. The molecular weight excluding hydrogens is 645 g/mol. The summed E-state index contributed by atoms with van der Waals surface area (Å²) >= 11 is 0. The van der Waals surface area contributed by atoms with Crippen LogP contribution in [0.5, 0.6) is 17.5 Å². The van der Waals surface area contributed by atoms with Crippen molar-refractivity contribution < 1.29 is 27.8 Å². The van der Waals surface area contributed by atoms with E-state index in [1.807, 2.05) is 12.1 Å². The number of hydrogen-bond acceptors (Lipinski definition) is 9. The zero-order valence-corrected chi connectivity index (χ0v) is 27.0.